The largest absolute Gasteiger partial charge is 0.393 e. The van der Waals surface area contributed by atoms with E-state index in [0.717, 1.165) is 0 Å². The fourth-order valence-electron chi connectivity index (χ4n) is 0.416. The van der Waals surface area contributed by atoms with E-state index in [2.05, 4.69) is 5.32 Å². The summed E-state index contributed by atoms with van der Waals surface area (Å²) in [6, 6.07) is 1.89. The maximum Gasteiger partial charge on any atom is 0.142 e. The van der Waals surface area contributed by atoms with Gasteiger partial charge in [0.2, 0.25) is 0 Å². The third-order valence-electron chi connectivity index (χ3n) is 0.783. The summed E-state index contributed by atoms with van der Waals surface area (Å²) in [6.45, 7) is 0. The Hall–Kier alpha value is -1.56. The van der Waals surface area contributed by atoms with Gasteiger partial charge in [0.15, 0.2) is 0 Å². The van der Waals surface area contributed by atoms with Crippen LogP contribution in [0.1, 0.15) is 0 Å². The van der Waals surface area contributed by atoms with Gasteiger partial charge >= 0.3 is 0 Å². The molecule has 0 aliphatic rings. The van der Waals surface area contributed by atoms with Crippen molar-refractivity contribution >= 4 is 6.29 Å². The van der Waals surface area contributed by atoms with E-state index in [4.69, 9.17) is 5.26 Å². The van der Waals surface area contributed by atoms with Gasteiger partial charge in [0.25, 0.3) is 0 Å². The molecular weight excluding hydrogens is 128 g/mol. The lowest BCUT2D eigenvalue weighted by Gasteiger charge is -1.85. The van der Waals surface area contributed by atoms with Crippen LogP contribution >= 0.6 is 0 Å². The van der Waals surface area contributed by atoms with Crippen LogP contribution in [0.4, 0.5) is 0 Å². The van der Waals surface area contributed by atoms with Crippen molar-refractivity contribution < 1.29 is 4.79 Å². The molecule has 0 saturated heterocycles. The second kappa shape index (κ2) is 5.57. The highest BCUT2D eigenvalue weighted by molar-refractivity contribution is 5.66. The molecule has 0 aromatic heterocycles. The van der Waals surface area contributed by atoms with Gasteiger partial charge in [-0.25, -0.2) is 0 Å². The average Bonchev–Trinajstić information content (AvgIpc) is 1.98. The molecule has 0 rings (SSSR count). The molecule has 0 amide bonds. The highest BCUT2D eigenvalue weighted by atomic mass is 16.1. The molecule has 0 heterocycles. The Morgan fingerprint density at radius 3 is 2.80 bits per heavy atom. The van der Waals surface area contributed by atoms with E-state index in [1.807, 2.05) is 6.07 Å². The lowest BCUT2D eigenvalue weighted by atomic mass is 10.3. The lowest BCUT2D eigenvalue weighted by Crippen LogP contribution is -1.93. The van der Waals surface area contributed by atoms with Crippen LogP contribution in [0.25, 0.3) is 0 Å². The van der Waals surface area contributed by atoms with Crippen LogP contribution in [0.3, 0.4) is 0 Å². The second-order valence-corrected chi connectivity index (χ2v) is 1.50. The molecule has 0 bridgehead atoms. The molecule has 3 nitrogen and oxygen atoms in total. The summed E-state index contributed by atoms with van der Waals surface area (Å²) in [5.41, 5.74) is 0.426. The number of nitriles is 1. The summed E-state index contributed by atoms with van der Waals surface area (Å²) in [4.78, 5) is 9.79. The van der Waals surface area contributed by atoms with Gasteiger partial charge in [-0.2, -0.15) is 5.26 Å². The van der Waals surface area contributed by atoms with Crippen molar-refractivity contribution in [3.8, 4) is 6.07 Å². The van der Waals surface area contributed by atoms with Gasteiger partial charge in [-0.3, -0.25) is 4.79 Å². The summed E-state index contributed by atoms with van der Waals surface area (Å²) in [5.74, 6) is 0. The summed E-state index contributed by atoms with van der Waals surface area (Å²) >= 11 is 0. The highest BCUT2D eigenvalue weighted by Crippen LogP contribution is 1.89. The van der Waals surface area contributed by atoms with Crippen LogP contribution in [0.5, 0.6) is 0 Å². The number of carbonyl (C=O) groups excluding carboxylic acids is 1. The maximum atomic E-state index is 9.79. The van der Waals surface area contributed by atoms with Gasteiger partial charge in [-0.15, -0.1) is 0 Å². The Morgan fingerprint density at radius 2 is 2.40 bits per heavy atom. The number of hydrogen-bond donors (Lipinski definition) is 1. The van der Waals surface area contributed by atoms with E-state index in [-0.39, 0.29) is 0 Å². The van der Waals surface area contributed by atoms with Crippen molar-refractivity contribution in [2.75, 3.05) is 7.05 Å². The lowest BCUT2D eigenvalue weighted by molar-refractivity contribution is -0.104. The van der Waals surface area contributed by atoms with Crippen molar-refractivity contribution in [1.82, 2.24) is 5.32 Å². The van der Waals surface area contributed by atoms with Crippen LogP contribution in [-0.2, 0) is 4.79 Å². The second-order valence-electron chi connectivity index (χ2n) is 1.50. The molecule has 1 N–H and O–H groups in total. The normalized spacial score (nSPS) is 11.0. The van der Waals surface area contributed by atoms with Crippen molar-refractivity contribution in [3.63, 3.8) is 0 Å². The average molecular weight is 136 g/mol. The molecule has 0 unspecified atom stereocenters. The zero-order chi connectivity index (χ0) is 7.82. The van der Waals surface area contributed by atoms with E-state index in [9.17, 15) is 4.79 Å². The number of nitrogens with zero attached hydrogens (tertiary/aromatic N) is 1. The van der Waals surface area contributed by atoms with Gasteiger partial charge in [0.05, 0.1) is 5.57 Å². The molecule has 0 radical (unpaired) electrons. The number of allylic oxidation sites excluding steroid dienone is 3. The molecule has 0 aliphatic carbocycles. The quantitative estimate of drug-likeness (QED) is 0.264. The fraction of sp³-hybridized carbons (Fsp3) is 0.143. The van der Waals surface area contributed by atoms with E-state index in [1.165, 1.54) is 18.4 Å². The smallest absolute Gasteiger partial charge is 0.142 e. The minimum Gasteiger partial charge on any atom is -0.393 e. The van der Waals surface area contributed by atoms with Gasteiger partial charge in [0, 0.05) is 13.2 Å². The van der Waals surface area contributed by atoms with E-state index < -0.39 is 0 Å². The first kappa shape index (κ1) is 8.44. The minimum atomic E-state index is 0.426. The van der Waals surface area contributed by atoms with Gasteiger partial charge in [0.1, 0.15) is 12.4 Å². The first-order valence-corrected chi connectivity index (χ1v) is 2.74. The highest BCUT2D eigenvalue weighted by Gasteiger charge is 1.83. The standard InChI is InChI=1S/C7H8N2O/c1-9-6-7(5-8)3-2-4-10/h2-4,6,9H,1H3/b3-2+,7-6-. The van der Waals surface area contributed by atoms with Crippen LogP contribution in [0, 0.1) is 11.3 Å². The van der Waals surface area contributed by atoms with Crippen molar-refractivity contribution in [1.29, 1.82) is 5.26 Å². The van der Waals surface area contributed by atoms with Crippen molar-refractivity contribution in [3.05, 3.63) is 23.9 Å². The number of rotatable bonds is 3. The molecule has 0 fully saturated rings. The molecule has 52 valence electrons. The van der Waals surface area contributed by atoms with E-state index in [0.29, 0.717) is 11.9 Å². The number of nitrogens with one attached hydrogen (secondary N) is 1. The van der Waals surface area contributed by atoms with Crippen LogP contribution in [0.2, 0.25) is 0 Å². The van der Waals surface area contributed by atoms with Gasteiger partial charge in [-0.1, -0.05) is 0 Å². The zero-order valence-corrected chi connectivity index (χ0v) is 5.66. The Balaban J connectivity index is 4.11. The molecule has 0 saturated carbocycles. The summed E-state index contributed by atoms with van der Waals surface area (Å²) in [7, 11) is 1.69. The Bertz CT molecular complexity index is 198. The Morgan fingerprint density at radius 1 is 1.70 bits per heavy atom. The number of hydrogen-bond acceptors (Lipinski definition) is 3. The molecule has 3 heteroatoms. The SMILES string of the molecule is CN/C=C(C#N)/C=C/C=O. The van der Waals surface area contributed by atoms with Crippen LogP contribution in [-0.4, -0.2) is 13.3 Å². The summed E-state index contributed by atoms with van der Waals surface area (Å²) < 4.78 is 0. The third-order valence-corrected chi connectivity index (χ3v) is 0.783. The first-order valence-electron chi connectivity index (χ1n) is 2.74. The van der Waals surface area contributed by atoms with Gasteiger partial charge in [-0.05, 0) is 12.2 Å². The van der Waals surface area contributed by atoms with Crippen LogP contribution < -0.4 is 5.32 Å². The topological polar surface area (TPSA) is 52.9 Å². The maximum absolute atomic E-state index is 9.79. The minimum absolute atomic E-state index is 0.426. The molecule has 0 atom stereocenters. The van der Waals surface area contributed by atoms with Gasteiger partial charge < -0.3 is 5.32 Å². The molecular formula is C7H8N2O. The molecule has 0 spiro atoms. The number of carbonyl (C=O) groups is 1. The first-order chi connectivity index (χ1) is 4.85. The Kier molecular flexibility index (Phi) is 4.70. The fourth-order valence-corrected chi connectivity index (χ4v) is 0.416. The predicted molar refractivity (Wildman–Crippen MR) is 38.0 cm³/mol. The summed E-state index contributed by atoms with van der Waals surface area (Å²) in [5, 5.41) is 11.0. The zero-order valence-electron chi connectivity index (χ0n) is 5.66. The van der Waals surface area contributed by atoms with Crippen molar-refractivity contribution in [2.24, 2.45) is 0 Å². The Labute approximate surface area is 59.7 Å². The monoisotopic (exact) mass is 136 g/mol. The predicted octanol–water partition coefficient (Wildman–Crippen LogP) is 0.368. The number of aldehydes is 1. The van der Waals surface area contributed by atoms with E-state index >= 15 is 0 Å². The van der Waals surface area contributed by atoms with E-state index in [1.54, 1.807) is 7.05 Å². The molecule has 0 aliphatic heterocycles. The molecule has 10 heavy (non-hydrogen) atoms. The molecule has 0 aromatic rings. The third kappa shape index (κ3) is 3.44. The van der Waals surface area contributed by atoms with Crippen LogP contribution in [0.15, 0.2) is 23.9 Å². The summed E-state index contributed by atoms with van der Waals surface area (Å²) in [6.07, 6.45) is 4.84. The molecule has 0 aromatic carbocycles. The van der Waals surface area contributed by atoms with Crippen molar-refractivity contribution in [2.45, 2.75) is 0 Å².